The number of aryl methyl sites for hydroxylation is 1. The Morgan fingerprint density at radius 1 is 0.971 bits per heavy atom. The monoisotopic (exact) mass is 474 g/mol. The molecule has 1 spiro atoms. The predicted molar refractivity (Wildman–Crippen MR) is 129 cm³/mol. The number of nitrogens with zero attached hydrogens (tertiary/aromatic N) is 2. The molecule has 35 heavy (non-hydrogen) atoms. The van der Waals surface area contributed by atoms with Gasteiger partial charge in [-0.15, -0.1) is 0 Å². The highest BCUT2D eigenvalue weighted by Gasteiger charge is 2.47. The van der Waals surface area contributed by atoms with E-state index in [2.05, 4.69) is 0 Å². The van der Waals surface area contributed by atoms with Gasteiger partial charge in [0, 0.05) is 25.9 Å². The van der Waals surface area contributed by atoms with E-state index >= 15 is 0 Å². The van der Waals surface area contributed by atoms with Crippen molar-refractivity contribution in [2.24, 2.45) is 5.92 Å². The van der Waals surface area contributed by atoms with Crippen LogP contribution in [0.3, 0.4) is 0 Å². The topological polar surface area (TPSA) is 84.0 Å². The van der Waals surface area contributed by atoms with Crippen LogP contribution in [-0.2, 0) is 4.79 Å². The summed E-state index contributed by atoms with van der Waals surface area (Å²) in [4.78, 5) is 55.7. The minimum absolute atomic E-state index is 0.0680. The fraction of sp³-hybridized carbons (Fsp3) is 0.429. The molecule has 2 aromatic rings. The van der Waals surface area contributed by atoms with Crippen LogP contribution in [-0.4, -0.2) is 58.0 Å². The maximum Gasteiger partial charge on any atom is 0.262 e. The minimum atomic E-state index is -0.853. The second-order valence-corrected chi connectivity index (χ2v) is 10.4. The van der Waals surface area contributed by atoms with Crippen molar-refractivity contribution in [3.05, 3.63) is 64.7 Å². The van der Waals surface area contributed by atoms with Crippen LogP contribution in [0, 0.1) is 12.8 Å². The number of benzene rings is 2. The zero-order valence-corrected chi connectivity index (χ0v) is 20.4. The van der Waals surface area contributed by atoms with Crippen LogP contribution in [0.25, 0.3) is 0 Å². The molecule has 0 aliphatic carbocycles. The summed E-state index contributed by atoms with van der Waals surface area (Å²) < 4.78 is 6.34. The maximum absolute atomic E-state index is 13.7. The molecule has 3 aliphatic rings. The molecule has 2 aromatic carbocycles. The Bertz CT molecular complexity index is 1190. The van der Waals surface area contributed by atoms with Gasteiger partial charge in [0.15, 0.2) is 5.78 Å². The Kier molecular flexibility index (Phi) is 5.74. The standard InChI is InChI=1S/C28H30N2O5/c1-17(2)14-22(30-25(32)19-6-4-5-7-20(19)26(30)33)27(34)29-12-10-28(11-13-29)16-23(31)21-15-18(3)8-9-24(21)35-28/h4-9,15,17,22H,10-14,16H2,1-3H3. The number of rotatable bonds is 4. The maximum atomic E-state index is 13.7. The molecule has 1 unspecified atom stereocenters. The van der Waals surface area contributed by atoms with Gasteiger partial charge in [-0.1, -0.05) is 37.6 Å². The molecule has 7 heteroatoms. The van der Waals surface area contributed by atoms with E-state index < -0.39 is 23.5 Å². The summed E-state index contributed by atoms with van der Waals surface area (Å²) in [5.41, 5.74) is 1.71. The molecule has 3 aliphatic heterocycles. The van der Waals surface area contributed by atoms with Gasteiger partial charge in [-0.3, -0.25) is 24.1 Å². The van der Waals surface area contributed by atoms with E-state index in [1.807, 2.05) is 39.0 Å². The van der Waals surface area contributed by atoms with Crippen molar-refractivity contribution in [3.63, 3.8) is 0 Å². The lowest BCUT2D eigenvalue weighted by Gasteiger charge is -2.45. The minimum Gasteiger partial charge on any atom is -0.486 e. The highest BCUT2D eigenvalue weighted by atomic mass is 16.5. The molecule has 0 saturated carbocycles. The van der Waals surface area contributed by atoms with Crippen molar-refractivity contribution in [2.75, 3.05) is 13.1 Å². The number of carbonyl (C=O) groups is 4. The SMILES string of the molecule is Cc1ccc2c(c1)C(=O)CC1(CCN(C(=O)C(CC(C)C)N3C(=O)c4ccccc4C3=O)CC1)O2. The summed E-state index contributed by atoms with van der Waals surface area (Å²) in [6.45, 7) is 6.72. The fourth-order valence-electron chi connectivity index (χ4n) is 5.49. The van der Waals surface area contributed by atoms with Gasteiger partial charge in [0.2, 0.25) is 5.91 Å². The Morgan fingerprint density at radius 3 is 2.20 bits per heavy atom. The molecule has 1 fully saturated rings. The molecule has 3 amide bonds. The smallest absolute Gasteiger partial charge is 0.262 e. The number of carbonyl (C=O) groups excluding carboxylic acids is 4. The second-order valence-electron chi connectivity index (χ2n) is 10.4. The normalized spacial score (nSPS) is 19.6. The first-order chi connectivity index (χ1) is 16.7. The van der Waals surface area contributed by atoms with Gasteiger partial charge < -0.3 is 9.64 Å². The number of piperidine rings is 1. The third-order valence-corrected chi connectivity index (χ3v) is 7.35. The first-order valence-electron chi connectivity index (χ1n) is 12.3. The van der Waals surface area contributed by atoms with Gasteiger partial charge in [0.25, 0.3) is 11.8 Å². The Labute approximate surface area is 205 Å². The largest absolute Gasteiger partial charge is 0.486 e. The summed E-state index contributed by atoms with van der Waals surface area (Å²) in [5, 5.41) is 0. The highest BCUT2D eigenvalue weighted by Crippen LogP contribution is 2.40. The number of hydrogen-bond acceptors (Lipinski definition) is 5. The van der Waals surface area contributed by atoms with E-state index in [9.17, 15) is 19.2 Å². The zero-order chi connectivity index (χ0) is 24.9. The zero-order valence-electron chi connectivity index (χ0n) is 20.4. The average molecular weight is 475 g/mol. The molecular weight excluding hydrogens is 444 g/mol. The lowest BCUT2D eigenvalue weighted by Crippen LogP contribution is -2.57. The van der Waals surface area contributed by atoms with Crippen molar-refractivity contribution in [1.82, 2.24) is 9.80 Å². The van der Waals surface area contributed by atoms with E-state index in [1.165, 1.54) is 0 Å². The second kappa shape index (κ2) is 8.63. The van der Waals surface area contributed by atoms with Gasteiger partial charge in [0.05, 0.1) is 23.1 Å². The van der Waals surface area contributed by atoms with Gasteiger partial charge in [-0.05, 0) is 43.5 Å². The van der Waals surface area contributed by atoms with Crippen LogP contribution in [0.5, 0.6) is 5.75 Å². The third-order valence-electron chi connectivity index (χ3n) is 7.35. The molecule has 182 valence electrons. The molecule has 0 radical (unpaired) electrons. The van der Waals surface area contributed by atoms with E-state index in [0.717, 1.165) is 10.5 Å². The number of ether oxygens (including phenoxy) is 1. The first-order valence-corrected chi connectivity index (χ1v) is 12.3. The van der Waals surface area contributed by atoms with Crippen LogP contribution in [0.2, 0.25) is 0 Å². The number of ketones is 1. The Morgan fingerprint density at radius 2 is 1.60 bits per heavy atom. The van der Waals surface area contributed by atoms with E-state index in [0.29, 0.717) is 61.2 Å². The lowest BCUT2D eigenvalue weighted by molar-refractivity contribution is -0.139. The van der Waals surface area contributed by atoms with E-state index in [4.69, 9.17) is 4.74 Å². The summed E-state index contributed by atoms with van der Waals surface area (Å²) in [6, 6.07) is 11.5. The molecule has 0 bridgehead atoms. The van der Waals surface area contributed by atoms with Crippen LogP contribution in [0.1, 0.15) is 76.2 Å². The quantitative estimate of drug-likeness (QED) is 0.625. The Hall–Kier alpha value is -3.48. The molecular formula is C28H30N2O5. The number of likely N-dealkylation sites (tertiary alicyclic amines) is 1. The van der Waals surface area contributed by atoms with Gasteiger partial charge in [0.1, 0.15) is 17.4 Å². The molecule has 5 rings (SSSR count). The van der Waals surface area contributed by atoms with Gasteiger partial charge in [-0.25, -0.2) is 0 Å². The number of imide groups is 1. The summed E-state index contributed by atoms with van der Waals surface area (Å²) in [5.74, 6) is -0.254. The fourth-order valence-corrected chi connectivity index (χ4v) is 5.49. The molecule has 1 saturated heterocycles. The van der Waals surface area contributed by atoms with Crippen LogP contribution in [0.4, 0.5) is 0 Å². The predicted octanol–water partition coefficient (Wildman–Crippen LogP) is 4.03. The van der Waals surface area contributed by atoms with Gasteiger partial charge in [-0.2, -0.15) is 0 Å². The summed E-state index contributed by atoms with van der Waals surface area (Å²) >= 11 is 0. The number of hydrogen-bond donors (Lipinski definition) is 0. The van der Waals surface area contributed by atoms with Crippen molar-refractivity contribution in [3.8, 4) is 5.75 Å². The number of Topliss-reactive ketones (excluding diaryl/α,β-unsaturated/α-hetero) is 1. The number of amides is 3. The molecule has 7 nitrogen and oxygen atoms in total. The molecule has 3 heterocycles. The molecule has 0 aromatic heterocycles. The third kappa shape index (κ3) is 4.03. The summed E-state index contributed by atoms with van der Waals surface area (Å²) in [7, 11) is 0. The molecule has 0 N–H and O–H groups in total. The van der Waals surface area contributed by atoms with E-state index in [1.54, 1.807) is 29.2 Å². The first kappa shape index (κ1) is 23.3. The van der Waals surface area contributed by atoms with Crippen molar-refractivity contribution in [2.45, 2.75) is 58.1 Å². The lowest BCUT2D eigenvalue weighted by atomic mass is 9.82. The van der Waals surface area contributed by atoms with Gasteiger partial charge >= 0.3 is 0 Å². The Balaban J connectivity index is 1.34. The van der Waals surface area contributed by atoms with Crippen LogP contribution >= 0.6 is 0 Å². The summed E-state index contributed by atoms with van der Waals surface area (Å²) in [6.07, 6.45) is 1.73. The van der Waals surface area contributed by atoms with Crippen molar-refractivity contribution >= 4 is 23.5 Å². The molecule has 1 atom stereocenters. The van der Waals surface area contributed by atoms with E-state index in [-0.39, 0.29) is 17.6 Å². The van der Waals surface area contributed by atoms with Crippen molar-refractivity contribution < 1.29 is 23.9 Å². The van der Waals surface area contributed by atoms with Crippen molar-refractivity contribution in [1.29, 1.82) is 0 Å². The van der Waals surface area contributed by atoms with Crippen LogP contribution in [0.15, 0.2) is 42.5 Å². The highest BCUT2D eigenvalue weighted by molar-refractivity contribution is 6.22. The van der Waals surface area contributed by atoms with Crippen LogP contribution < -0.4 is 4.74 Å². The average Bonchev–Trinajstić information content (AvgIpc) is 3.08. The number of fused-ring (bicyclic) bond motifs is 2.